The Labute approximate surface area is 151 Å². The molecule has 4 rings (SSSR count). The molecular formula is C18H12F2N4OS. The predicted octanol–water partition coefficient (Wildman–Crippen LogP) is 3.74. The number of carbonyl (C=O) groups excluding carboxylic acids is 1. The molecule has 0 saturated carbocycles. The van der Waals surface area contributed by atoms with Crippen LogP contribution < -0.4 is 5.32 Å². The second kappa shape index (κ2) is 6.38. The van der Waals surface area contributed by atoms with Gasteiger partial charge in [-0.15, -0.1) is 0 Å². The van der Waals surface area contributed by atoms with Gasteiger partial charge in [-0.25, -0.2) is 18.8 Å². The number of aromatic nitrogens is 2. The minimum atomic E-state index is -0.786. The lowest BCUT2D eigenvalue weighted by Crippen LogP contribution is -2.19. The quantitative estimate of drug-likeness (QED) is 0.699. The fourth-order valence-corrected chi connectivity index (χ4v) is 3.38. The van der Waals surface area contributed by atoms with E-state index < -0.39 is 11.6 Å². The van der Waals surface area contributed by atoms with Gasteiger partial charge in [-0.2, -0.15) is 0 Å². The van der Waals surface area contributed by atoms with Crippen LogP contribution in [0.3, 0.4) is 0 Å². The summed E-state index contributed by atoms with van der Waals surface area (Å²) in [5.41, 5.74) is 2.62. The van der Waals surface area contributed by atoms with E-state index in [4.69, 9.17) is 0 Å². The van der Waals surface area contributed by atoms with Crippen molar-refractivity contribution in [2.45, 2.75) is 0 Å². The molecule has 5 nitrogen and oxygen atoms in total. The summed E-state index contributed by atoms with van der Waals surface area (Å²) in [6.07, 6.45) is 3.45. The highest BCUT2D eigenvalue weighted by Crippen LogP contribution is 2.29. The number of thioether (sulfide) groups is 1. The highest BCUT2D eigenvalue weighted by molar-refractivity contribution is 8.18. The van der Waals surface area contributed by atoms with Crippen molar-refractivity contribution < 1.29 is 13.6 Å². The highest BCUT2D eigenvalue weighted by atomic mass is 32.2. The molecule has 1 aliphatic heterocycles. The number of aryl methyl sites for hydroxylation is 1. The molecule has 1 aliphatic rings. The van der Waals surface area contributed by atoms with Crippen molar-refractivity contribution >= 4 is 45.6 Å². The van der Waals surface area contributed by atoms with E-state index in [1.165, 1.54) is 6.07 Å². The van der Waals surface area contributed by atoms with Crippen LogP contribution in [0.5, 0.6) is 0 Å². The van der Waals surface area contributed by atoms with Gasteiger partial charge >= 0.3 is 0 Å². The maximum Gasteiger partial charge on any atom is 0.264 e. The molecule has 0 radical (unpaired) electrons. The second-order valence-corrected chi connectivity index (χ2v) is 6.71. The average molecular weight is 370 g/mol. The molecule has 0 unspecified atom stereocenters. The van der Waals surface area contributed by atoms with Gasteiger partial charge in [0, 0.05) is 13.1 Å². The van der Waals surface area contributed by atoms with Gasteiger partial charge in [-0.05, 0) is 47.7 Å². The lowest BCUT2D eigenvalue weighted by atomic mass is 10.2. The number of hydrogen-bond donors (Lipinski definition) is 1. The monoisotopic (exact) mass is 370 g/mol. The van der Waals surface area contributed by atoms with Gasteiger partial charge in [0.05, 0.1) is 22.3 Å². The van der Waals surface area contributed by atoms with E-state index in [1.54, 1.807) is 12.4 Å². The van der Waals surface area contributed by atoms with Crippen LogP contribution in [0.25, 0.3) is 17.1 Å². The summed E-state index contributed by atoms with van der Waals surface area (Å²) in [5.74, 6) is -1.78. The summed E-state index contributed by atoms with van der Waals surface area (Å²) in [6, 6.07) is 8.76. The third-order valence-corrected chi connectivity index (χ3v) is 4.74. The first-order valence-electron chi connectivity index (χ1n) is 7.65. The maximum atomic E-state index is 13.7. The van der Waals surface area contributed by atoms with Crippen LogP contribution in [0, 0.1) is 11.6 Å². The number of hydrogen-bond acceptors (Lipinski definition) is 4. The molecule has 0 aliphatic carbocycles. The number of aliphatic imine (C=N–C) groups is 1. The zero-order chi connectivity index (χ0) is 18.3. The Morgan fingerprint density at radius 3 is 2.88 bits per heavy atom. The van der Waals surface area contributed by atoms with Crippen LogP contribution in [0.1, 0.15) is 5.56 Å². The van der Waals surface area contributed by atoms with E-state index in [0.29, 0.717) is 4.91 Å². The Morgan fingerprint density at radius 2 is 2.08 bits per heavy atom. The SMILES string of the molecule is Cn1cnc2ccc(C=C3SC(=Nc4ccc(F)cc4F)NC3=O)cc21. The number of benzene rings is 2. The van der Waals surface area contributed by atoms with Crippen molar-refractivity contribution in [2.75, 3.05) is 0 Å². The fourth-order valence-electron chi connectivity index (χ4n) is 2.55. The molecule has 8 heteroatoms. The zero-order valence-electron chi connectivity index (χ0n) is 13.5. The Hall–Kier alpha value is -3.00. The molecule has 1 saturated heterocycles. The Balaban J connectivity index is 1.63. The molecule has 0 spiro atoms. The Kier molecular flexibility index (Phi) is 4.04. The minimum absolute atomic E-state index is 0.0354. The number of imidazole rings is 1. The summed E-state index contributed by atoms with van der Waals surface area (Å²) in [4.78, 5) is 20.9. The van der Waals surface area contributed by atoms with Gasteiger partial charge in [-0.1, -0.05) is 6.07 Å². The second-order valence-electron chi connectivity index (χ2n) is 5.68. The first-order valence-corrected chi connectivity index (χ1v) is 8.47. The van der Waals surface area contributed by atoms with E-state index in [9.17, 15) is 13.6 Å². The molecular weight excluding hydrogens is 358 g/mol. The van der Waals surface area contributed by atoms with E-state index >= 15 is 0 Å². The third kappa shape index (κ3) is 3.11. The van der Waals surface area contributed by atoms with Crippen molar-refractivity contribution in [2.24, 2.45) is 12.0 Å². The first-order chi connectivity index (χ1) is 12.5. The molecule has 0 bridgehead atoms. The fraction of sp³-hybridized carbons (Fsp3) is 0.0556. The largest absolute Gasteiger partial charge is 0.334 e. The number of carbonyl (C=O) groups is 1. The molecule has 3 aromatic rings. The van der Waals surface area contributed by atoms with Crippen LogP contribution >= 0.6 is 11.8 Å². The molecule has 1 N–H and O–H groups in total. The summed E-state index contributed by atoms with van der Waals surface area (Å²) >= 11 is 1.10. The first kappa shape index (κ1) is 16.5. The van der Waals surface area contributed by atoms with Gasteiger partial charge in [0.25, 0.3) is 5.91 Å². The smallest absolute Gasteiger partial charge is 0.264 e. The summed E-state index contributed by atoms with van der Waals surface area (Å²) in [6.45, 7) is 0. The number of halogens is 2. The van der Waals surface area contributed by atoms with Crippen LogP contribution in [0.2, 0.25) is 0 Å². The summed E-state index contributed by atoms with van der Waals surface area (Å²) in [5, 5.41) is 2.83. The number of nitrogens with one attached hydrogen (secondary N) is 1. The Morgan fingerprint density at radius 1 is 1.23 bits per heavy atom. The van der Waals surface area contributed by atoms with Crippen LogP contribution in [0.15, 0.2) is 52.6 Å². The summed E-state index contributed by atoms with van der Waals surface area (Å²) in [7, 11) is 1.89. The zero-order valence-corrected chi connectivity index (χ0v) is 14.3. The topological polar surface area (TPSA) is 59.3 Å². The van der Waals surface area contributed by atoms with Crippen molar-refractivity contribution in [3.8, 4) is 0 Å². The summed E-state index contributed by atoms with van der Waals surface area (Å²) < 4.78 is 28.6. The lowest BCUT2D eigenvalue weighted by molar-refractivity contribution is -0.115. The van der Waals surface area contributed by atoms with E-state index in [0.717, 1.165) is 40.5 Å². The molecule has 0 atom stereocenters. The molecule has 1 aromatic heterocycles. The standard InChI is InChI=1S/C18H12F2N4OS/c1-24-9-21-14-4-2-10(6-15(14)24)7-16-17(25)23-18(26-16)22-13-5-3-11(19)8-12(13)20/h2-9H,1H3,(H,22,23,25). The van der Waals surface area contributed by atoms with Crippen LogP contribution in [0.4, 0.5) is 14.5 Å². The Bertz CT molecular complexity index is 1100. The third-order valence-electron chi connectivity index (χ3n) is 3.83. The molecule has 1 amide bonds. The van der Waals surface area contributed by atoms with E-state index in [2.05, 4.69) is 15.3 Å². The number of fused-ring (bicyclic) bond motifs is 1. The maximum absolute atomic E-state index is 13.7. The number of amides is 1. The molecule has 2 heterocycles. The van der Waals surface area contributed by atoms with Gasteiger partial charge in [0.2, 0.25) is 0 Å². The van der Waals surface area contributed by atoms with Crippen LogP contribution in [-0.2, 0) is 11.8 Å². The molecule has 26 heavy (non-hydrogen) atoms. The number of nitrogens with zero attached hydrogens (tertiary/aromatic N) is 3. The molecule has 2 aromatic carbocycles. The van der Waals surface area contributed by atoms with E-state index in [1.807, 2.05) is 29.8 Å². The minimum Gasteiger partial charge on any atom is -0.334 e. The average Bonchev–Trinajstić information content (AvgIpc) is 3.14. The molecule has 130 valence electrons. The van der Waals surface area contributed by atoms with Gasteiger partial charge in [0.15, 0.2) is 11.0 Å². The van der Waals surface area contributed by atoms with Crippen molar-refractivity contribution in [3.63, 3.8) is 0 Å². The predicted molar refractivity (Wildman–Crippen MR) is 97.9 cm³/mol. The van der Waals surface area contributed by atoms with Gasteiger partial charge in [-0.3, -0.25) is 4.79 Å². The number of amidine groups is 1. The van der Waals surface area contributed by atoms with Crippen molar-refractivity contribution in [1.29, 1.82) is 0 Å². The molecule has 1 fully saturated rings. The highest BCUT2D eigenvalue weighted by Gasteiger charge is 2.24. The van der Waals surface area contributed by atoms with E-state index in [-0.39, 0.29) is 16.8 Å². The van der Waals surface area contributed by atoms with Crippen molar-refractivity contribution in [3.05, 3.63) is 64.8 Å². The van der Waals surface area contributed by atoms with Gasteiger partial charge < -0.3 is 9.88 Å². The number of rotatable bonds is 2. The van der Waals surface area contributed by atoms with Gasteiger partial charge in [0.1, 0.15) is 11.5 Å². The van der Waals surface area contributed by atoms with Crippen molar-refractivity contribution in [1.82, 2.24) is 14.9 Å². The lowest BCUT2D eigenvalue weighted by Gasteiger charge is -1.98. The normalized spacial score (nSPS) is 17.4. The van der Waals surface area contributed by atoms with Crippen LogP contribution in [-0.4, -0.2) is 20.6 Å².